The summed E-state index contributed by atoms with van der Waals surface area (Å²) in [4.78, 5) is 0. The molecule has 0 aromatic carbocycles. The number of hydrogen-bond donors (Lipinski definition) is 0. The molecular formula is FeLiOP. The first-order valence-corrected chi connectivity index (χ1v) is 0.548. The van der Waals surface area contributed by atoms with Crippen LogP contribution in [-0.2, 0) is 21.6 Å². The first-order valence-electron chi connectivity index (χ1n) is 0.183. The summed E-state index contributed by atoms with van der Waals surface area (Å²) in [5.74, 6) is 0. The zero-order valence-corrected chi connectivity index (χ0v) is 4.21. The van der Waals surface area contributed by atoms with Gasteiger partial charge >= 0.3 is 0 Å². The van der Waals surface area contributed by atoms with Crippen molar-refractivity contribution in [3.8, 4) is 0 Å². The van der Waals surface area contributed by atoms with Gasteiger partial charge < -0.3 is 0 Å². The van der Waals surface area contributed by atoms with Gasteiger partial charge in [-0.15, -0.1) is 0 Å². The Hall–Kier alpha value is 1.22. The van der Waals surface area contributed by atoms with E-state index >= 15 is 0 Å². The van der Waals surface area contributed by atoms with Gasteiger partial charge in [0.15, 0.2) is 0 Å². The zero-order chi connectivity index (χ0) is 2.00. The van der Waals surface area contributed by atoms with Crippen LogP contribution in [0.5, 0.6) is 0 Å². The molecular weight excluding hydrogens is 110 g/mol. The molecule has 0 aliphatic heterocycles. The van der Waals surface area contributed by atoms with Gasteiger partial charge in [0.05, 0.1) is 0 Å². The second-order valence-corrected chi connectivity index (χ2v) is 0. The van der Waals surface area contributed by atoms with Crippen LogP contribution in [0.3, 0.4) is 0 Å². The fourth-order valence-corrected chi connectivity index (χ4v) is 0. The van der Waals surface area contributed by atoms with E-state index in [1.165, 1.54) is 0 Å². The standard InChI is InChI=1S/Fe.Li.OP/c;;1-2. The summed E-state index contributed by atoms with van der Waals surface area (Å²) in [6.07, 6.45) is 0. The summed E-state index contributed by atoms with van der Waals surface area (Å²) in [5.41, 5.74) is 0. The molecule has 0 aliphatic carbocycles. The van der Waals surface area contributed by atoms with Crippen molar-refractivity contribution in [1.29, 1.82) is 0 Å². The monoisotopic (exact) mass is 110 g/mol. The Morgan fingerprint density at radius 2 is 1.25 bits per heavy atom. The smallest absolute Gasteiger partial charge is 0.261 e. The molecule has 0 fully saturated rings. The van der Waals surface area contributed by atoms with Crippen LogP contribution in [0.1, 0.15) is 0 Å². The van der Waals surface area contributed by atoms with Gasteiger partial charge in [0.2, 0.25) is 0 Å². The van der Waals surface area contributed by atoms with E-state index in [0.29, 0.717) is 0 Å². The van der Waals surface area contributed by atoms with Crippen molar-refractivity contribution >= 4 is 28.0 Å². The third-order valence-electron chi connectivity index (χ3n) is 0. The first-order chi connectivity index (χ1) is 1.00. The summed E-state index contributed by atoms with van der Waals surface area (Å²) < 4.78 is 7.94. The average molecular weight is 110 g/mol. The topological polar surface area (TPSA) is 17.1 Å². The molecule has 0 aromatic rings. The van der Waals surface area contributed by atoms with Gasteiger partial charge in [-0.25, -0.2) is 0 Å². The minimum absolute atomic E-state index is 0. The third kappa shape index (κ3) is 10.7. The second kappa shape index (κ2) is 29.5. The molecule has 0 saturated carbocycles. The molecule has 2 radical (unpaired) electrons. The molecule has 0 atom stereocenters. The number of rotatable bonds is 0. The maximum absolute atomic E-state index is 7.94. The van der Waals surface area contributed by atoms with E-state index in [9.17, 15) is 0 Å². The Morgan fingerprint density at radius 1 is 1.25 bits per heavy atom. The van der Waals surface area contributed by atoms with Crippen LogP contribution in [-0.4, -0.2) is 18.9 Å². The van der Waals surface area contributed by atoms with Crippen LogP contribution in [0.25, 0.3) is 0 Å². The zero-order valence-electron chi connectivity index (χ0n) is 2.21. The van der Waals surface area contributed by atoms with E-state index in [-0.39, 0.29) is 35.9 Å². The summed E-state index contributed by atoms with van der Waals surface area (Å²) in [5, 5.41) is 0. The summed E-state index contributed by atoms with van der Waals surface area (Å²) >= 11 is 0. The average Bonchev–Trinajstić information content (AvgIpc) is 1.00. The third-order valence-corrected chi connectivity index (χ3v) is 0. The van der Waals surface area contributed by atoms with Crippen LogP contribution in [0.2, 0.25) is 0 Å². The van der Waals surface area contributed by atoms with Crippen molar-refractivity contribution in [2.24, 2.45) is 0 Å². The van der Waals surface area contributed by atoms with Gasteiger partial charge in [-0.05, 0) is 0 Å². The van der Waals surface area contributed by atoms with Gasteiger partial charge in [-0.1, -0.05) is 0 Å². The van der Waals surface area contributed by atoms with Gasteiger partial charge in [0, 0.05) is 35.9 Å². The molecule has 0 aliphatic rings. The fourth-order valence-electron chi connectivity index (χ4n) is 0. The Balaban J connectivity index is -0.00000000500. The molecule has 0 bridgehead atoms. The SMILES string of the molecule is O=[P].[Fe].[Li]. The quantitative estimate of drug-likeness (QED) is 0.325. The van der Waals surface area contributed by atoms with Crippen molar-refractivity contribution < 1.29 is 21.6 Å². The molecule has 20 valence electrons. The van der Waals surface area contributed by atoms with Crippen molar-refractivity contribution in [3.05, 3.63) is 0 Å². The van der Waals surface area contributed by atoms with E-state index in [2.05, 4.69) is 9.12 Å². The molecule has 0 heterocycles. The van der Waals surface area contributed by atoms with Gasteiger partial charge in [0.25, 0.3) is 9.12 Å². The summed E-state index contributed by atoms with van der Waals surface area (Å²) in [7, 11) is 2.28. The minimum atomic E-state index is 0. The normalized spacial score (nSPS) is 1.00. The van der Waals surface area contributed by atoms with Gasteiger partial charge in [-0.3, -0.25) is 4.57 Å². The molecule has 0 amide bonds. The minimum Gasteiger partial charge on any atom is -0.261 e. The fraction of sp³-hybridized carbons (Fsp3) is 0. The maximum Gasteiger partial charge on any atom is 0.261 e. The van der Waals surface area contributed by atoms with Crippen molar-refractivity contribution in [1.82, 2.24) is 0 Å². The molecule has 1 nitrogen and oxygen atoms in total. The molecule has 4 heavy (non-hydrogen) atoms. The van der Waals surface area contributed by atoms with Crippen LogP contribution in [0.4, 0.5) is 0 Å². The van der Waals surface area contributed by atoms with E-state index in [0.717, 1.165) is 0 Å². The Kier molecular flexibility index (Phi) is 139. The molecule has 0 rings (SSSR count). The maximum atomic E-state index is 7.94. The van der Waals surface area contributed by atoms with Crippen molar-refractivity contribution in [2.75, 3.05) is 0 Å². The predicted octanol–water partition coefficient (Wildman–Crippen LogP) is 0.359. The largest absolute Gasteiger partial charge is 0.261 e. The molecule has 0 aromatic heterocycles. The van der Waals surface area contributed by atoms with Crippen molar-refractivity contribution in [2.45, 2.75) is 0 Å². The Morgan fingerprint density at radius 3 is 1.25 bits per heavy atom. The van der Waals surface area contributed by atoms with Crippen molar-refractivity contribution in [3.63, 3.8) is 0 Å². The van der Waals surface area contributed by atoms with Crippen LogP contribution in [0.15, 0.2) is 0 Å². The predicted molar refractivity (Wildman–Crippen MR) is 13.4 cm³/mol. The Bertz CT molecular complexity index is 8.00. The molecule has 0 spiro atoms. The van der Waals surface area contributed by atoms with Gasteiger partial charge in [0.1, 0.15) is 0 Å². The van der Waals surface area contributed by atoms with E-state index in [1.807, 2.05) is 0 Å². The van der Waals surface area contributed by atoms with Crippen LogP contribution >= 0.6 is 9.12 Å². The molecule has 0 unspecified atom stereocenters. The summed E-state index contributed by atoms with van der Waals surface area (Å²) in [6, 6.07) is 0. The van der Waals surface area contributed by atoms with E-state index < -0.39 is 0 Å². The van der Waals surface area contributed by atoms with Gasteiger partial charge in [-0.2, -0.15) is 0 Å². The second-order valence-electron chi connectivity index (χ2n) is 0. The molecule has 0 N–H and O–H groups in total. The van der Waals surface area contributed by atoms with E-state index in [4.69, 9.17) is 4.57 Å². The van der Waals surface area contributed by atoms with Crippen LogP contribution in [0, 0.1) is 0 Å². The summed E-state index contributed by atoms with van der Waals surface area (Å²) in [6.45, 7) is 0. The Labute approximate surface area is 49.8 Å². The van der Waals surface area contributed by atoms with E-state index in [1.54, 1.807) is 0 Å². The van der Waals surface area contributed by atoms with Crippen LogP contribution < -0.4 is 0 Å². The first kappa shape index (κ1) is 18.9. The number of hydrogen-bond acceptors (Lipinski definition) is 1. The molecule has 4 heteroatoms. The molecule has 0 saturated heterocycles.